The summed E-state index contributed by atoms with van der Waals surface area (Å²) in [7, 11) is 4.65. The average molecular weight is 475 g/mol. The number of unbranched alkanes of at least 4 members (excludes halogenated alkanes) is 6. The van der Waals surface area contributed by atoms with Crippen LogP contribution in [-0.2, 0) is 16.0 Å². The minimum absolute atomic E-state index is 0.0420. The van der Waals surface area contributed by atoms with Crippen molar-refractivity contribution in [2.45, 2.75) is 91.4 Å². The third-order valence-corrected chi connectivity index (χ3v) is 7.61. The third-order valence-electron chi connectivity index (χ3n) is 7.61. The monoisotopic (exact) mass is 474 g/mol. The molecule has 0 amide bonds. The smallest absolute Gasteiger partial charge is 0.308 e. The van der Waals surface area contributed by atoms with Crippen molar-refractivity contribution in [2.24, 2.45) is 17.8 Å². The fourth-order valence-electron chi connectivity index (χ4n) is 5.50. The highest BCUT2D eigenvalue weighted by molar-refractivity contribution is 5.71. The molecule has 2 rings (SSSR count). The van der Waals surface area contributed by atoms with Gasteiger partial charge in [0, 0.05) is 11.8 Å². The number of rotatable bonds is 17. The van der Waals surface area contributed by atoms with Crippen LogP contribution in [0.5, 0.6) is 5.75 Å². The minimum Gasteiger partial charge on any atom is -0.490 e. The van der Waals surface area contributed by atoms with Crippen molar-refractivity contribution in [2.75, 3.05) is 40.4 Å². The predicted octanol–water partition coefficient (Wildman–Crippen LogP) is 7.05. The van der Waals surface area contributed by atoms with Gasteiger partial charge in [-0.3, -0.25) is 4.79 Å². The lowest BCUT2D eigenvalue weighted by Gasteiger charge is -2.23. The number of likely N-dealkylation sites (tertiary alicyclic amines) is 1. The number of carbonyl (C=O) groups is 1. The van der Waals surface area contributed by atoms with E-state index in [0.717, 1.165) is 41.3 Å². The fourth-order valence-corrected chi connectivity index (χ4v) is 5.50. The summed E-state index contributed by atoms with van der Waals surface area (Å²) in [5, 5.41) is 0. The van der Waals surface area contributed by atoms with E-state index in [4.69, 9.17) is 9.47 Å². The molecule has 0 saturated carbocycles. The van der Waals surface area contributed by atoms with Crippen LogP contribution in [0.15, 0.2) is 24.3 Å². The van der Waals surface area contributed by atoms with Gasteiger partial charge in [0.1, 0.15) is 19.0 Å². The van der Waals surface area contributed by atoms with Gasteiger partial charge in [0.15, 0.2) is 0 Å². The van der Waals surface area contributed by atoms with E-state index in [1.54, 1.807) is 0 Å². The van der Waals surface area contributed by atoms with E-state index in [1.807, 2.05) is 19.1 Å². The van der Waals surface area contributed by atoms with Gasteiger partial charge in [0.2, 0.25) is 0 Å². The summed E-state index contributed by atoms with van der Waals surface area (Å²) in [6.07, 6.45) is 13.8. The molecule has 4 nitrogen and oxygen atoms in total. The summed E-state index contributed by atoms with van der Waals surface area (Å²) in [5.41, 5.74) is 1.37. The average Bonchev–Trinajstić information content (AvgIpc) is 3.13. The molecule has 1 aromatic carbocycles. The summed E-state index contributed by atoms with van der Waals surface area (Å²) in [5.74, 6) is 2.23. The maximum atomic E-state index is 12.4. The third kappa shape index (κ3) is 10.8. The number of nitrogens with zero attached hydrogens (tertiary/aromatic N) is 1. The Morgan fingerprint density at radius 1 is 0.941 bits per heavy atom. The van der Waals surface area contributed by atoms with Crippen LogP contribution in [0.3, 0.4) is 0 Å². The van der Waals surface area contributed by atoms with Crippen molar-refractivity contribution in [3.8, 4) is 5.75 Å². The predicted molar refractivity (Wildman–Crippen MR) is 142 cm³/mol. The van der Waals surface area contributed by atoms with E-state index >= 15 is 0 Å². The Bertz CT molecular complexity index is 685. The van der Waals surface area contributed by atoms with E-state index in [9.17, 15) is 4.79 Å². The number of quaternary nitrogens is 1. The summed E-state index contributed by atoms with van der Waals surface area (Å²) in [6.45, 7) is 9.77. The Balaban J connectivity index is 1.56. The molecule has 34 heavy (non-hydrogen) atoms. The standard InChI is InChI=1S/C30H52NO3/c1-6-8-9-10-11-12-13-14-26-16-19-29(20-17-26)33-21-22-34-30(32)25(3)15-18-28-24-31(4,5)23-27(28)7-2/h16-17,19-20,25,27-28H,6-15,18,21-24H2,1-5H3/q+1. The Morgan fingerprint density at radius 2 is 1.59 bits per heavy atom. The van der Waals surface area contributed by atoms with Gasteiger partial charge in [-0.25, -0.2) is 0 Å². The van der Waals surface area contributed by atoms with Gasteiger partial charge >= 0.3 is 5.97 Å². The number of hydrogen-bond acceptors (Lipinski definition) is 3. The first-order chi connectivity index (χ1) is 16.3. The van der Waals surface area contributed by atoms with E-state index in [1.165, 1.54) is 70.0 Å². The van der Waals surface area contributed by atoms with Crippen molar-refractivity contribution < 1.29 is 18.8 Å². The SMILES string of the molecule is CCCCCCCCCc1ccc(OCCOC(=O)C(C)CCC2C[N+](C)(C)CC2CC)cc1. The number of benzene rings is 1. The van der Waals surface area contributed by atoms with Crippen LogP contribution in [0.25, 0.3) is 0 Å². The number of ether oxygens (including phenoxy) is 2. The van der Waals surface area contributed by atoms with Crippen LogP contribution < -0.4 is 4.74 Å². The zero-order valence-electron chi connectivity index (χ0n) is 22.8. The van der Waals surface area contributed by atoms with Gasteiger partial charge in [-0.2, -0.15) is 0 Å². The molecule has 0 N–H and O–H groups in total. The molecule has 1 aliphatic heterocycles. The summed E-state index contributed by atoms with van der Waals surface area (Å²) in [4.78, 5) is 12.4. The zero-order valence-corrected chi connectivity index (χ0v) is 22.8. The van der Waals surface area contributed by atoms with Crippen LogP contribution in [0.2, 0.25) is 0 Å². The Morgan fingerprint density at radius 3 is 2.26 bits per heavy atom. The van der Waals surface area contributed by atoms with Crippen LogP contribution in [0, 0.1) is 17.8 Å². The molecule has 0 aliphatic carbocycles. The van der Waals surface area contributed by atoms with Gasteiger partial charge in [0.05, 0.1) is 33.1 Å². The molecule has 4 heteroatoms. The first-order valence-corrected chi connectivity index (χ1v) is 14.0. The van der Waals surface area contributed by atoms with Crippen LogP contribution in [-0.4, -0.2) is 50.9 Å². The molecule has 1 saturated heterocycles. The molecule has 1 aliphatic rings. The highest BCUT2D eigenvalue weighted by atomic mass is 16.6. The normalized spacial score (nSPS) is 20.3. The second-order valence-electron chi connectivity index (χ2n) is 11.2. The van der Waals surface area contributed by atoms with Crippen LogP contribution in [0.4, 0.5) is 0 Å². The first kappa shape index (κ1) is 28.7. The van der Waals surface area contributed by atoms with Crippen molar-refractivity contribution in [3.05, 3.63) is 29.8 Å². The van der Waals surface area contributed by atoms with E-state index in [0.29, 0.717) is 13.2 Å². The van der Waals surface area contributed by atoms with Gasteiger partial charge in [-0.1, -0.05) is 71.4 Å². The number of carbonyl (C=O) groups excluding carboxylic acids is 1. The number of aryl methyl sites for hydroxylation is 1. The molecule has 1 fully saturated rings. The Kier molecular flexibility index (Phi) is 13.0. The molecule has 194 valence electrons. The van der Waals surface area contributed by atoms with Crippen molar-refractivity contribution in [1.82, 2.24) is 0 Å². The lowest BCUT2D eigenvalue weighted by atomic mass is 9.87. The highest BCUT2D eigenvalue weighted by Gasteiger charge is 2.38. The number of esters is 1. The molecule has 1 heterocycles. The minimum atomic E-state index is -0.0894. The fraction of sp³-hybridized carbons (Fsp3) is 0.767. The molecular formula is C30H52NO3+. The summed E-state index contributed by atoms with van der Waals surface area (Å²) < 4.78 is 12.4. The van der Waals surface area contributed by atoms with Crippen LogP contribution in [0.1, 0.15) is 90.5 Å². The Labute approximate surface area is 210 Å². The van der Waals surface area contributed by atoms with Crippen molar-refractivity contribution >= 4 is 5.97 Å². The maximum Gasteiger partial charge on any atom is 0.308 e. The van der Waals surface area contributed by atoms with Crippen molar-refractivity contribution in [1.29, 1.82) is 0 Å². The second-order valence-corrected chi connectivity index (χ2v) is 11.2. The summed E-state index contributed by atoms with van der Waals surface area (Å²) in [6, 6.07) is 8.39. The number of hydrogen-bond donors (Lipinski definition) is 0. The van der Waals surface area contributed by atoms with E-state index in [2.05, 4.69) is 40.1 Å². The molecule has 1 aromatic rings. The molecule has 0 aromatic heterocycles. The molecule has 3 atom stereocenters. The molecule has 0 spiro atoms. The summed E-state index contributed by atoms with van der Waals surface area (Å²) >= 11 is 0. The van der Waals surface area contributed by atoms with E-state index < -0.39 is 0 Å². The largest absolute Gasteiger partial charge is 0.490 e. The lowest BCUT2D eigenvalue weighted by molar-refractivity contribution is -0.880. The quantitative estimate of drug-likeness (QED) is 0.138. The van der Waals surface area contributed by atoms with Crippen molar-refractivity contribution in [3.63, 3.8) is 0 Å². The van der Waals surface area contributed by atoms with Crippen LogP contribution >= 0.6 is 0 Å². The first-order valence-electron chi connectivity index (χ1n) is 14.0. The van der Waals surface area contributed by atoms with Gasteiger partial charge < -0.3 is 14.0 Å². The van der Waals surface area contributed by atoms with Gasteiger partial charge in [-0.05, 0) is 49.8 Å². The van der Waals surface area contributed by atoms with Gasteiger partial charge in [0.25, 0.3) is 0 Å². The molecular weight excluding hydrogens is 422 g/mol. The van der Waals surface area contributed by atoms with E-state index in [-0.39, 0.29) is 11.9 Å². The zero-order chi connectivity index (χ0) is 24.8. The second kappa shape index (κ2) is 15.4. The Hall–Kier alpha value is -1.55. The molecule has 0 bridgehead atoms. The van der Waals surface area contributed by atoms with Gasteiger partial charge in [-0.15, -0.1) is 0 Å². The molecule has 0 radical (unpaired) electrons. The topological polar surface area (TPSA) is 35.5 Å². The highest BCUT2D eigenvalue weighted by Crippen LogP contribution is 2.33. The lowest BCUT2D eigenvalue weighted by Crippen LogP contribution is -2.37. The maximum absolute atomic E-state index is 12.4. The molecule has 3 unspecified atom stereocenters.